The van der Waals surface area contributed by atoms with E-state index in [0.29, 0.717) is 6.54 Å². The maximum atomic E-state index is 12.1. The highest BCUT2D eigenvalue weighted by atomic mass is 19.4. The summed E-state index contributed by atoms with van der Waals surface area (Å²) >= 11 is 0. The predicted molar refractivity (Wildman–Crippen MR) is 73.0 cm³/mol. The van der Waals surface area contributed by atoms with E-state index in [0.717, 1.165) is 31.5 Å². The van der Waals surface area contributed by atoms with Gasteiger partial charge < -0.3 is 10.5 Å². The molecule has 1 saturated heterocycles. The summed E-state index contributed by atoms with van der Waals surface area (Å²) in [4.78, 5) is 2.21. The first-order valence-electron chi connectivity index (χ1n) is 6.74. The first kappa shape index (κ1) is 15.6. The average molecular weight is 301 g/mol. The van der Waals surface area contributed by atoms with Crippen molar-refractivity contribution >= 4 is 5.84 Å². The Labute approximate surface area is 121 Å². The summed E-state index contributed by atoms with van der Waals surface area (Å²) < 4.78 is 40.0. The first-order valence-corrected chi connectivity index (χ1v) is 6.74. The molecule has 21 heavy (non-hydrogen) atoms. The van der Waals surface area contributed by atoms with E-state index in [4.69, 9.17) is 11.1 Å². The van der Waals surface area contributed by atoms with E-state index >= 15 is 0 Å². The predicted octanol–water partition coefficient (Wildman–Crippen LogP) is 2.73. The van der Waals surface area contributed by atoms with E-state index < -0.39 is 6.36 Å². The lowest BCUT2D eigenvalue weighted by Gasteiger charge is -2.31. The molecule has 0 aliphatic carbocycles. The minimum Gasteiger partial charge on any atom is -0.406 e. The zero-order valence-electron chi connectivity index (χ0n) is 11.5. The highest BCUT2D eigenvalue weighted by Gasteiger charge is 2.31. The Morgan fingerprint density at radius 3 is 2.29 bits per heavy atom. The van der Waals surface area contributed by atoms with E-state index in [2.05, 4.69) is 9.64 Å². The molecule has 7 heteroatoms. The number of alkyl halides is 3. The van der Waals surface area contributed by atoms with Crippen LogP contribution < -0.4 is 10.5 Å². The van der Waals surface area contributed by atoms with Crippen LogP contribution in [0.1, 0.15) is 18.4 Å². The number of halogens is 3. The van der Waals surface area contributed by atoms with Gasteiger partial charge in [-0.25, -0.2) is 0 Å². The lowest BCUT2D eigenvalue weighted by atomic mass is 9.95. The van der Waals surface area contributed by atoms with Gasteiger partial charge in [0.1, 0.15) is 5.75 Å². The Kier molecular flexibility index (Phi) is 4.72. The Hall–Kier alpha value is -1.76. The molecule has 1 heterocycles. The second-order valence-corrected chi connectivity index (χ2v) is 5.20. The van der Waals surface area contributed by atoms with Crippen molar-refractivity contribution in [2.75, 3.05) is 13.1 Å². The van der Waals surface area contributed by atoms with Gasteiger partial charge in [-0.15, -0.1) is 13.2 Å². The molecular formula is C14H18F3N3O. The molecule has 2 rings (SSSR count). The number of likely N-dealkylation sites (tertiary alicyclic amines) is 1. The molecule has 3 N–H and O–H groups in total. The molecular weight excluding hydrogens is 283 g/mol. The molecule has 0 atom stereocenters. The van der Waals surface area contributed by atoms with Gasteiger partial charge in [-0.2, -0.15) is 0 Å². The normalized spacial score (nSPS) is 17.7. The van der Waals surface area contributed by atoms with Crippen LogP contribution in [0.2, 0.25) is 0 Å². The largest absolute Gasteiger partial charge is 0.573 e. The molecule has 0 bridgehead atoms. The van der Waals surface area contributed by atoms with Crippen LogP contribution in [0, 0.1) is 11.3 Å². The van der Waals surface area contributed by atoms with Crippen molar-refractivity contribution in [3.63, 3.8) is 0 Å². The maximum Gasteiger partial charge on any atom is 0.573 e. The van der Waals surface area contributed by atoms with Crippen molar-refractivity contribution in [1.82, 2.24) is 4.90 Å². The van der Waals surface area contributed by atoms with Crippen molar-refractivity contribution in [3.05, 3.63) is 29.8 Å². The van der Waals surface area contributed by atoms with Crippen LogP contribution in [0.15, 0.2) is 24.3 Å². The second kappa shape index (κ2) is 6.34. The first-order chi connectivity index (χ1) is 9.83. The molecule has 0 saturated carbocycles. The van der Waals surface area contributed by atoms with Crippen molar-refractivity contribution in [2.24, 2.45) is 11.7 Å². The number of benzene rings is 1. The molecule has 1 aliphatic rings. The van der Waals surface area contributed by atoms with E-state index in [1.165, 1.54) is 12.1 Å². The number of nitrogens with one attached hydrogen (secondary N) is 1. The number of piperidine rings is 1. The third-order valence-electron chi connectivity index (χ3n) is 3.59. The fraction of sp³-hybridized carbons (Fsp3) is 0.500. The summed E-state index contributed by atoms with van der Waals surface area (Å²) in [5, 5.41) is 7.42. The van der Waals surface area contributed by atoms with E-state index in [9.17, 15) is 13.2 Å². The fourth-order valence-electron chi connectivity index (χ4n) is 2.46. The van der Waals surface area contributed by atoms with E-state index in [1.807, 2.05) is 0 Å². The van der Waals surface area contributed by atoms with Gasteiger partial charge in [0, 0.05) is 12.5 Å². The fourth-order valence-corrected chi connectivity index (χ4v) is 2.46. The topological polar surface area (TPSA) is 62.3 Å². The van der Waals surface area contributed by atoms with Crippen molar-refractivity contribution in [1.29, 1.82) is 5.41 Å². The zero-order valence-corrected chi connectivity index (χ0v) is 11.5. The van der Waals surface area contributed by atoms with Crippen molar-refractivity contribution in [3.8, 4) is 5.75 Å². The van der Waals surface area contributed by atoms with Gasteiger partial charge in [0.25, 0.3) is 0 Å². The molecule has 0 amide bonds. The number of hydrogen-bond donors (Lipinski definition) is 2. The lowest BCUT2D eigenvalue weighted by Crippen LogP contribution is -2.37. The third kappa shape index (κ3) is 4.93. The summed E-state index contributed by atoms with van der Waals surface area (Å²) in [5.74, 6) is 0.189. The maximum absolute atomic E-state index is 12.1. The zero-order chi connectivity index (χ0) is 15.5. The van der Waals surface area contributed by atoms with Gasteiger partial charge in [0.15, 0.2) is 0 Å². The number of nitrogens with zero attached hydrogens (tertiary/aromatic N) is 1. The summed E-state index contributed by atoms with van der Waals surface area (Å²) in [6.07, 6.45) is -2.95. The number of amidine groups is 1. The van der Waals surface area contributed by atoms with Gasteiger partial charge >= 0.3 is 6.36 Å². The molecule has 1 aliphatic heterocycles. The Balaban J connectivity index is 1.85. The molecule has 0 radical (unpaired) electrons. The Morgan fingerprint density at radius 2 is 1.81 bits per heavy atom. The van der Waals surface area contributed by atoms with Crippen LogP contribution >= 0.6 is 0 Å². The SMILES string of the molecule is N=C(N)C1CCN(Cc2ccc(OC(F)(F)F)cc2)CC1. The van der Waals surface area contributed by atoms with Gasteiger partial charge in [0.2, 0.25) is 0 Å². The summed E-state index contributed by atoms with van der Waals surface area (Å²) in [6.45, 7) is 2.35. The Bertz CT molecular complexity index is 479. The quantitative estimate of drug-likeness (QED) is 0.664. The Morgan fingerprint density at radius 1 is 1.24 bits per heavy atom. The highest BCUT2D eigenvalue weighted by molar-refractivity contribution is 5.79. The highest BCUT2D eigenvalue weighted by Crippen LogP contribution is 2.24. The molecule has 116 valence electrons. The number of nitrogens with two attached hydrogens (primary N) is 1. The van der Waals surface area contributed by atoms with Gasteiger partial charge in [-0.05, 0) is 43.6 Å². The van der Waals surface area contributed by atoms with Gasteiger partial charge in [-0.3, -0.25) is 10.3 Å². The van der Waals surface area contributed by atoms with Crippen LogP contribution in [-0.2, 0) is 6.54 Å². The van der Waals surface area contributed by atoms with E-state index in [1.54, 1.807) is 12.1 Å². The summed E-state index contributed by atoms with van der Waals surface area (Å²) in [7, 11) is 0. The van der Waals surface area contributed by atoms with Crippen LogP contribution in [0.3, 0.4) is 0 Å². The molecule has 1 fully saturated rings. The van der Waals surface area contributed by atoms with Gasteiger partial charge in [-0.1, -0.05) is 12.1 Å². The minimum absolute atomic E-state index is 0.156. The molecule has 0 unspecified atom stereocenters. The molecule has 4 nitrogen and oxygen atoms in total. The molecule has 1 aromatic rings. The lowest BCUT2D eigenvalue weighted by molar-refractivity contribution is -0.274. The molecule has 1 aromatic carbocycles. The average Bonchev–Trinajstić information content (AvgIpc) is 2.40. The standard InChI is InChI=1S/C14H18F3N3O/c15-14(16,17)21-12-3-1-10(2-4-12)9-20-7-5-11(6-8-20)13(18)19/h1-4,11H,5-9H2,(H3,18,19). The number of rotatable bonds is 4. The van der Waals surface area contributed by atoms with Crippen LogP contribution in [0.5, 0.6) is 5.75 Å². The van der Waals surface area contributed by atoms with Crippen LogP contribution in [-0.4, -0.2) is 30.2 Å². The monoisotopic (exact) mass is 301 g/mol. The molecule has 0 aromatic heterocycles. The minimum atomic E-state index is -4.66. The number of hydrogen-bond acceptors (Lipinski definition) is 3. The summed E-state index contributed by atoms with van der Waals surface area (Å²) in [5.41, 5.74) is 6.43. The van der Waals surface area contributed by atoms with Crippen molar-refractivity contribution < 1.29 is 17.9 Å². The second-order valence-electron chi connectivity index (χ2n) is 5.20. The number of ether oxygens (including phenoxy) is 1. The van der Waals surface area contributed by atoms with Crippen molar-refractivity contribution in [2.45, 2.75) is 25.7 Å². The smallest absolute Gasteiger partial charge is 0.406 e. The molecule has 0 spiro atoms. The third-order valence-corrected chi connectivity index (χ3v) is 3.59. The van der Waals surface area contributed by atoms with E-state index in [-0.39, 0.29) is 17.5 Å². The van der Waals surface area contributed by atoms with Gasteiger partial charge in [0.05, 0.1) is 5.84 Å². The summed E-state index contributed by atoms with van der Waals surface area (Å²) in [6, 6.07) is 5.92. The van der Waals surface area contributed by atoms with Crippen LogP contribution in [0.4, 0.5) is 13.2 Å². The van der Waals surface area contributed by atoms with Crippen LogP contribution in [0.25, 0.3) is 0 Å².